The van der Waals surface area contributed by atoms with Crippen molar-refractivity contribution in [1.29, 1.82) is 0 Å². The van der Waals surface area contributed by atoms with Crippen molar-refractivity contribution >= 4 is 16.0 Å². The Morgan fingerprint density at radius 1 is 1.24 bits per heavy atom. The molecule has 1 amide bonds. The molecule has 8 unspecified atom stereocenters. The summed E-state index contributed by atoms with van der Waals surface area (Å²) in [5.74, 6) is 0.173. The lowest BCUT2D eigenvalue weighted by Gasteiger charge is -2.61. The molecule has 0 aromatic rings. The molecule has 8 heteroatoms. The van der Waals surface area contributed by atoms with Crippen LogP contribution < -0.4 is 5.32 Å². The van der Waals surface area contributed by atoms with Crippen LogP contribution in [0.1, 0.15) is 83.9 Å². The second-order valence-electron chi connectivity index (χ2n) is 11.8. The molecule has 0 heterocycles. The van der Waals surface area contributed by atoms with Gasteiger partial charge >= 0.3 is 0 Å². The standard InChI is InChI=1S/C26H45NO6S/c1-15(4-7-23(30)27-10-11-34(31,32)33)19-5-6-20-24(19)16(2)12-21-25(20)22(29)14-17-13-18(28)8-9-26(17,21)3/h15-22,24-25,28-29H,4-14H2,1-3H3,(H,27,30)(H,31,32,33)/t15-,16?,17?,18-,19?,20?,21?,22?,24?,25?,26+/m1/s1/i8D2,13D2. The van der Waals surface area contributed by atoms with E-state index in [1.807, 2.05) is 6.92 Å². The highest BCUT2D eigenvalue weighted by molar-refractivity contribution is 7.85. The number of carbonyl (C=O) groups excluding carboxylic acids is 1. The van der Waals surface area contributed by atoms with E-state index in [1.54, 1.807) is 0 Å². The van der Waals surface area contributed by atoms with Gasteiger partial charge < -0.3 is 15.5 Å². The summed E-state index contributed by atoms with van der Waals surface area (Å²) in [6.07, 6.45) is -2.56. The first-order valence-electron chi connectivity index (χ1n) is 15.0. The second kappa shape index (κ2) is 9.98. The van der Waals surface area contributed by atoms with Gasteiger partial charge in [0.25, 0.3) is 10.1 Å². The van der Waals surface area contributed by atoms with E-state index in [2.05, 4.69) is 19.2 Å². The minimum atomic E-state index is -4.11. The highest BCUT2D eigenvalue weighted by Crippen LogP contribution is 2.65. The Labute approximate surface area is 210 Å². The van der Waals surface area contributed by atoms with Gasteiger partial charge in [0.2, 0.25) is 5.91 Å². The molecule has 0 radical (unpaired) electrons. The predicted molar refractivity (Wildman–Crippen MR) is 130 cm³/mol. The van der Waals surface area contributed by atoms with Crippen LogP contribution in [0.5, 0.6) is 0 Å². The average molecular weight is 504 g/mol. The summed E-state index contributed by atoms with van der Waals surface area (Å²) in [4.78, 5) is 12.2. The largest absolute Gasteiger partial charge is 0.393 e. The van der Waals surface area contributed by atoms with Gasteiger partial charge in [0.1, 0.15) is 0 Å². The number of carbonyl (C=O) groups is 1. The van der Waals surface area contributed by atoms with E-state index in [-0.39, 0.29) is 55.4 Å². The Kier molecular flexibility index (Phi) is 6.28. The highest BCUT2D eigenvalue weighted by Gasteiger charge is 2.60. The molecule has 0 bridgehead atoms. The molecule has 7 nitrogen and oxygen atoms in total. The van der Waals surface area contributed by atoms with Crippen LogP contribution in [0.15, 0.2) is 0 Å². The van der Waals surface area contributed by atoms with Crippen molar-refractivity contribution in [2.75, 3.05) is 12.3 Å². The van der Waals surface area contributed by atoms with Gasteiger partial charge in [-0.1, -0.05) is 20.8 Å². The van der Waals surface area contributed by atoms with E-state index in [1.165, 1.54) is 0 Å². The lowest BCUT2D eigenvalue weighted by atomic mass is 9.44. The summed E-state index contributed by atoms with van der Waals surface area (Å²) < 4.78 is 64.8. The first-order valence-corrected chi connectivity index (χ1v) is 14.6. The SMILES string of the molecule is [2H]C1([2H])C[C@]2(C)C3CC(C)C4C(CCC4[C@H](C)CCC(=O)NCCS(=O)(=O)O)C3C(O)CC2C([2H])([2H])[C@@H]1O. The molecule has 34 heavy (non-hydrogen) atoms. The maximum Gasteiger partial charge on any atom is 0.266 e. The van der Waals surface area contributed by atoms with Gasteiger partial charge in [0.05, 0.1) is 18.0 Å². The minimum Gasteiger partial charge on any atom is -0.393 e. The first-order chi connectivity index (χ1) is 17.4. The third kappa shape index (κ3) is 5.21. The maximum atomic E-state index is 12.2. The molecule has 11 atom stereocenters. The summed E-state index contributed by atoms with van der Waals surface area (Å²) in [5.41, 5.74) is -0.654. The maximum absolute atomic E-state index is 12.2. The Bertz CT molecular complexity index is 1010. The van der Waals surface area contributed by atoms with Crippen LogP contribution in [0.25, 0.3) is 0 Å². The van der Waals surface area contributed by atoms with E-state index < -0.39 is 52.2 Å². The molecule has 0 spiro atoms. The molecule has 0 aliphatic heterocycles. The van der Waals surface area contributed by atoms with Crippen molar-refractivity contribution in [3.8, 4) is 0 Å². The first kappa shape index (κ1) is 21.4. The van der Waals surface area contributed by atoms with Gasteiger partial charge in [0.15, 0.2) is 0 Å². The van der Waals surface area contributed by atoms with Gasteiger partial charge in [-0.2, -0.15) is 8.42 Å². The lowest BCUT2D eigenvalue weighted by molar-refractivity contribution is -0.168. The zero-order valence-electron chi connectivity index (χ0n) is 24.6. The molecule has 196 valence electrons. The zero-order chi connectivity index (χ0) is 28.4. The van der Waals surface area contributed by atoms with Gasteiger partial charge in [-0.15, -0.1) is 0 Å². The topological polar surface area (TPSA) is 124 Å². The third-order valence-electron chi connectivity index (χ3n) is 9.90. The van der Waals surface area contributed by atoms with Gasteiger partial charge in [-0.25, -0.2) is 0 Å². The number of rotatable bonds is 7. The summed E-state index contributed by atoms with van der Waals surface area (Å²) in [7, 11) is -4.11. The van der Waals surface area contributed by atoms with Crippen LogP contribution in [0.4, 0.5) is 0 Å². The van der Waals surface area contributed by atoms with Crippen LogP contribution >= 0.6 is 0 Å². The number of aliphatic hydroxyl groups excluding tert-OH is 2. The van der Waals surface area contributed by atoms with Crippen LogP contribution in [0.2, 0.25) is 0 Å². The number of hydrogen-bond acceptors (Lipinski definition) is 5. The number of aliphatic hydroxyl groups is 2. The van der Waals surface area contributed by atoms with E-state index >= 15 is 0 Å². The Morgan fingerprint density at radius 2 is 1.97 bits per heavy atom. The van der Waals surface area contributed by atoms with E-state index in [0.717, 1.165) is 19.3 Å². The molecule has 4 aliphatic carbocycles. The van der Waals surface area contributed by atoms with Crippen LogP contribution in [-0.4, -0.2) is 53.6 Å². The van der Waals surface area contributed by atoms with Gasteiger partial charge in [-0.3, -0.25) is 9.35 Å². The molecular weight excluding hydrogens is 454 g/mol. The second-order valence-corrected chi connectivity index (χ2v) is 13.4. The Hall–Kier alpha value is -0.700. The fraction of sp³-hybridized carbons (Fsp3) is 0.962. The predicted octanol–water partition coefficient (Wildman–Crippen LogP) is 3.25. The molecule has 4 saturated carbocycles. The Morgan fingerprint density at radius 3 is 2.68 bits per heavy atom. The minimum absolute atomic E-state index is 0.0206. The van der Waals surface area contributed by atoms with Gasteiger partial charge in [0, 0.05) is 18.4 Å². The summed E-state index contributed by atoms with van der Waals surface area (Å²) >= 11 is 0. The molecule has 0 saturated heterocycles. The molecular formula is C26H45NO6S. The van der Waals surface area contributed by atoms with Crippen molar-refractivity contribution in [2.24, 2.45) is 52.8 Å². The van der Waals surface area contributed by atoms with Crippen molar-refractivity contribution in [3.05, 3.63) is 0 Å². The molecule has 0 aromatic carbocycles. The lowest BCUT2D eigenvalue weighted by Crippen LogP contribution is -2.58. The number of nitrogens with one attached hydrogen (secondary N) is 1. The summed E-state index contributed by atoms with van der Waals surface area (Å²) in [6.45, 7) is 6.25. The molecule has 4 N–H and O–H groups in total. The van der Waals surface area contributed by atoms with Crippen LogP contribution in [-0.2, 0) is 14.9 Å². The van der Waals surface area contributed by atoms with Crippen molar-refractivity contribution in [1.82, 2.24) is 5.32 Å². The number of hydrogen-bond donors (Lipinski definition) is 4. The van der Waals surface area contributed by atoms with Crippen LogP contribution in [0, 0.1) is 52.8 Å². The third-order valence-corrected chi connectivity index (χ3v) is 10.6. The fourth-order valence-electron chi connectivity index (χ4n) is 8.31. The Balaban J connectivity index is 1.47. The normalized spacial score (nSPS) is 49.8. The monoisotopic (exact) mass is 503 g/mol. The summed E-state index contributed by atoms with van der Waals surface area (Å²) in [5, 5.41) is 24.5. The van der Waals surface area contributed by atoms with Gasteiger partial charge in [-0.05, 0) is 104 Å². The summed E-state index contributed by atoms with van der Waals surface area (Å²) in [6, 6.07) is 0. The quantitative estimate of drug-likeness (QED) is 0.395. The van der Waals surface area contributed by atoms with Crippen molar-refractivity contribution < 1.29 is 33.5 Å². The molecule has 4 fully saturated rings. The molecule has 0 aromatic heterocycles. The fourth-order valence-corrected chi connectivity index (χ4v) is 8.67. The smallest absolute Gasteiger partial charge is 0.266 e. The number of amides is 1. The average Bonchev–Trinajstić information content (AvgIpc) is 3.23. The highest BCUT2D eigenvalue weighted by atomic mass is 32.2. The van der Waals surface area contributed by atoms with Crippen molar-refractivity contribution in [2.45, 2.75) is 90.7 Å². The van der Waals surface area contributed by atoms with E-state index in [4.69, 9.17) is 10.0 Å². The number of fused-ring (bicyclic) bond motifs is 5. The van der Waals surface area contributed by atoms with Crippen LogP contribution in [0.3, 0.4) is 0 Å². The van der Waals surface area contributed by atoms with Crippen molar-refractivity contribution in [3.63, 3.8) is 0 Å². The zero-order valence-corrected chi connectivity index (χ0v) is 21.4. The molecule has 4 aliphatic rings. The van der Waals surface area contributed by atoms with E-state index in [0.29, 0.717) is 24.2 Å². The van der Waals surface area contributed by atoms with E-state index in [9.17, 15) is 23.4 Å². The molecule has 4 rings (SSSR count).